The molecule has 3 aromatic rings. The molecule has 1 unspecified atom stereocenters. The van der Waals surface area contributed by atoms with E-state index in [9.17, 15) is 24.0 Å². The van der Waals surface area contributed by atoms with Crippen molar-refractivity contribution in [3.63, 3.8) is 0 Å². The van der Waals surface area contributed by atoms with Crippen molar-refractivity contribution in [2.45, 2.75) is 12.8 Å². The average Bonchev–Trinajstić information content (AvgIpc) is 3.15. The number of aromatic nitrogens is 1. The van der Waals surface area contributed by atoms with Crippen molar-refractivity contribution in [1.82, 2.24) is 4.57 Å². The van der Waals surface area contributed by atoms with Gasteiger partial charge in [-0.2, -0.15) is 5.26 Å². The third-order valence-corrected chi connectivity index (χ3v) is 6.56. The molecule has 0 fully saturated rings. The Labute approximate surface area is 202 Å². The Morgan fingerprint density at radius 2 is 1.97 bits per heavy atom. The number of carbonyl (C=O) groups excluding carboxylic acids is 2. The fourth-order valence-electron chi connectivity index (χ4n) is 3.79. The van der Waals surface area contributed by atoms with Gasteiger partial charge in [-0.1, -0.05) is 29.8 Å². The number of esters is 1. The van der Waals surface area contributed by atoms with Crippen LogP contribution in [0.3, 0.4) is 0 Å². The van der Waals surface area contributed by atoms with Crippen molar-refractivity contribution in [3.8, 4) is 6.07 Å². The summed E-state index contributed by atoms with van der Waals surface area (Å²) in [5.41, 5.74) is 7.26. The SMILES string of the molecule is COC(=O)C=c1sc2n(c1=O)C(N)=C(C#N)C(c1cccc(F)c1)C=2C(=O)Nc1ccc(C)cc1. The molecule has 176 valence electrons. The lowest BCUT2D eigenvalue weighted by Gasteiger charge is -2.25. The molecule has 0 aliphatic carbocycles. The lowest BCUT2D eigenvalue weighted by atomic mass is 9.83. The van der Waals surface area contributed by atoms with E-state index in [1.807, 2.05) is 25.1 Å². The number of fused-ring (bicyclic) bond motifs is 1. The highest BCUT2D eigenvalue weighted by Gasteiger charge is 2.35. The van der Waals surface area contributed by atoms with Crippen LogP contribution in [0, 0.1) is 24.1 Å². The summed E-state index contributed by atoms with van der Waals surface area (Å²) in [6.07, 6.45) is 0.990. The van der Waals surface area contributed by atoms with Crippen LogP contribution in [0.2, 0.25) is 0 Å². The number of anilines is 1. The van der Waals surface area contributed by atoms with Gasteiger partial charge in [-0.15, -0.1) is 11.3 Å². The fraction of sp³-hybridized carbons (Fsp3) is 0.120. The first-order valence-electron chi connectivity index (χ1n) is 10.3. The summed E-state index contributed by atoms with van der Waals surface area (Å²) in [5.74, 6) is -3.19. The van der Waals surface area contributed by atoms with Crippen molar-refractivity contribution in [3.05, 3.63) is 90.6 Å². The molecule has 1 atom stereocenters. The smallest absolute Gasteiger partial charge is 0.332 e. The zero-order valence-corrected chi connectivity index (χ0v) is 19.5. The van der Waals surface area contributed by atoms with Crippen LogP contribution in [0.1, 0.15) is 17.0 Å². The van der Waals surface area contributed by atoms with Gasteiger partial charge < -0.3 is 15.8 Å². The van der Waals surface area contributed by atoms with Gasteiger partial charge in [0.25, 0.3) is 11.5 Å². The van der Waals surface area contributed by atoms with Crippen molar-refractivity contribution in [2.75, 3.05) is 12.4 Å². The number of nitriles is 1. The number of nitrogens with zero attached hydrogens (tertiary/aromatic N) is 2. The van der Waals surface area contributed by atoms with E-state index in [1.165, 1.54) is 25.3 Å². The molecule has 0 spiro atoms. The second kappa shape index (κ2) is 9.40. The van der Waals surface area contributed by atoms with E-state index in [0.717, 1.165) is 27.5 Å². The lowest BCUT2D eigenvalue weighted by Crippen LogP contribution is -2.40. The van der Waals surface area contributed by atoms with Crippen LogP contribution in [0.15, 0.2) is 58.9 Å². The molecule has 35 heavy (non-hydrogen) atoms. The highest BCUT2D eigenvalue weighted by Crippen LogP contribution is 2.36. The zero-order chi connectivity index (χ0) is 25.3. The number of carbonyl (C=O) groups is 2. The van der Waals surface area contributed by atoms with Crippen LogP contribution in [0.25, 0.3) is 17.5 Å². The minimum absolute atomic E-state index is 0.0218. The minimum Gasteiger partial charge on any atom is -0.466 e. The number of benzene rings is 2. The van der Waals surface area contributed by atoms with Crippen LogP contribution in [-0.4, -0.2) is 23.6 Å². The molecule has 0 saturated carbocycles. The van der Waals surface area contributed by atoms with Gasteiger partial charge in [0.2, 0.25) is 0 Å². The van der Waals surface area contributed by atoms with Gasteiger partial charge >= 0.3 is 5.97 Å². The lowest BCUT2D eigenvalue weighted by molar-refractivity contribution is -0.133. The predicted octanol–water partition coefficient (Wildman–Crippen LogP) is 1.55. The first kappa shape index (κ1) is 23.7. The van der Waals surface area contributed by atoms with E-state index >= 15 is 0 Å². The van der Waals surface area contributed by atoms with E-state index in [0.29, 0.717) is 11.3 Å². The molecule has 1 amide bonds. The molecule has 4 rings (SSSR count). The van der Waals surface area contributed by atoms with Gasteiger partial charge in [0.1, 0.15) is 20.8 Å². The third-order valence-electron chi connectivity index (χ3n) is 5.45. The molecule has 1 aliphatic rings. The largest absolute Gasteiger partial charge is 0.466 e. The summed E-state index contributed by atoms with van der Waals surface area (Å²) in [5, 5.41) is 12.7. The highest BCUT2D eigenvalue weighted by molar-refractivity contribution is 7.07. The molecule has 3 N–H and O–H groups in total. The maximum atomic E-state index is 14.2. The third kappa shape index (κ3) is 4.37. The second-order valence-electron chi connectivity index (χ2n) is 7.71. The van der Waals surface area contributed by atoms with Crippen molar-refractivity contribution in [2.24, 2.45) is 5.73 Å². The number of halogens is 1. The number of thiazole rings is 1. The number of nitrogens with one attached hydrogen (secondary N) is 1. The van der Waals surface area contributed by atoms with Gasteiger partial charge in [0, 0.05) is 11.8 Å². The Hall–Kier alpha value is -4.49. The number of ether oxygens (including phenoxy) is 1. The number of methoxy groups -OCH3 is 1. The normalized spacial score (nSPS) is 15.4. The molecular formula is C25H19FN4O4S. The second-order valence-corrected chi connectivity index (χ2v) is 8.74. The summed E-state index contributed by atoms with van der Waals surface area (Å²) in [6, 6.07) is 14.5. The van der Waals surface area contributed by atoms with Crippen LogP contribution in [0.5, 0.6) is 0 Å². The van der Waals surface area contributed by atoms with E-state index in [1.54, 1.807) is 18.2 Å². The molecule has 0 radical (unpaired) electrons. The molecule has 1 aromatic heterocycles. The molecule has 10 heteroatoms. The number of amides is 1. The van der Waals surface area contributed by atoms with Crippen LogP contribution in [0.4, 0.5) is 10.1 Å². The number of nitrogens with two attached hydrogens (primary N) is 1. The molecule has 0 bridgehead atoms. The Morgan fingerprint density at radius 1 is 1.26 bits per heavy atom. The minimum atomic E-state index is -1.05. The van der Waals surface area contributed by atoms with Gasteiger partial charge in [-0.25, -0.2) is 9.18 Å². The maximum absolute atomic E-state index is 14.2. The van der Waals surface area contributed by atoms with Crippen molar-refractivity contribution >= 4 is 46.4 Å². The van der Waals surface area contributed by atoms with Crippen LogP contribution >= 0.6 is 11.3 Å². The van der Waals surface area contributed by atoms with Crippen LogP contribution in [-0.2, 0) is 14.3 Å². The predicted molar refractivity (Wildman–Crippen MR) is 130 cm³/mol. The summed E-state index contributed by atoms with van der Waals surface area (Å²) in [4.78, 5) is 38.5. The Bertz CT molecular complexity index is 1610. The quantitative estimate of drug-likeness (QED) is 0.535. The van der Waals surface area contributed by atoms with Gasteiger partial charge in [0.15, 0.2) is 0 Å². The van der Waals surface area contributed by atoms with Gasteiger partial charge in [0.05, 0.1) is 30.2 Å². The fourth-order valence-corrected chi connectivity index (χ4v) is 4.92. The van der Waals surface area contributed by atoms with Crippen molar-refractivity contribution in [1.29, 1.82) is 5.26 Å². The summed E-state index contributed by atoms with van der Waals surface area (Å²) in [6.45, 7) is 1.90. The highest BCUT2D eigenvalue weighted by atomic mass is 32.1. The monoisotopic (exact) mass is 490 g/mol. The number of rotatable bonds is 4. The number of hydrogen-bond acceptors (Lipinski definition) is 7. The Kier molecular flexibility index (Phi) is 6.36. The number of hydrogen-bond donors (Lipinski definition) is 2. The van der Waals surface area contributed by atoms with Crippen molar-refractivity contribution < 1.29 is 18.7 Å². The topological polar surface area (TPSA) is 127 Å². The first-order chi connectivity index (χ1) is 16.7. The maximum Gasteiger partial charge on any atom is 0.332 e. The molecule has 0 saturated heterocycles. The Balaban J connectivity index is 2.05. The molecule has 1 aliphatic heterocycles. The molecular weight excluding hydrogens is 471 g/mol. The number of allylic oxidation sites excluding steroid dienone is 1. The summed E-state index contributed by atoms with van der Waals surface area (Å²) < 4.78 is 19.9. The van der Waals surface area contributed by atoms with E-state index in [4.69, 9.17) is 5.73 Å². The molecule has 8 nitrogen and oxygen atoms in total. The van der Waals surface area contributed by atoms with Gasteiger partial charge in [-0.3, -0.25) is 14.2 Å². The summed E-state index contributed by atoms with van der Waals surface area (Å²) >= 11 is 0.853. The zero-order valence-electron chi connectivity index (χ0n) is 18.7. The van der Waals surface area contributed by atoms with E-state index in [2.05, 4.69) is 10.1 Å². The average molecular weight is 491 g/mol. The van der Waals surface area contributed by atoms with Gasteiger partial charge in [-0.05, 0) is 36.8 Å². The van der Waals surface area contributed by atoms with E-state index in [-0.39, 0.29) is 26.2 Å². The van der Waals surface area contributed by atoms with Crippen LogP contribution < -0.4 is 25.8 Å². The first-order valence-corrected chi connectivity index (χ1v) is 11.2. The molecule has 2 aromatic carbocycles. The standard InChI is InChI=1S/C25H19FN4O4S/c1-13-6-8-16(9-7-13)29-23(32)21-20(14-4-3-5-15(26)10-14)17(12-27)22(28)30-24(33)18(35-25(21)30)11-19(31)34-2/h3-11,20H,28H2,1-2H3,(H,29,32). The van der Waals surface area contributed by atoms with E-state index < -0.39 is 29.2 Å². The summed E-state index contributed by atoms with van der Waals surface area (Å²) in [7, 11) is 1.17. The number of aryl methyl sites for hydroxylation is 1. The molecule has 2 heterocycles. The Morgan fingerprint density at radius 3 is 2.60 bits per heavy atom.